The first-order valence-electron chi connectivity index (χ1n) is 15.5. The highest BCUT2D eigenvalue weighted by molar-refractivity contribution is 7.89. The van der Waals surface area contributed by atoms with Crippen LogP contribution in [0.5, 0.6) is 11.5 Å². The van der Waals surface area contributed by atoms with E-state index in [0.717, 1.165) is 39.2 Å². The molecular formula is C34H41N3O4S. The summed E-state index contributed by atoms with van der Waals surface area (Å²) in [5, 5.41) is 9.94. The first-order chi connectivity index (χ1) is 20.2. The zero-order valence-corrected chi connectivity index (χ0v) is 26.3. The summed E-state index contributed by atoms with van der Waals surface area (Å²) in [7, 11) is -2.13. The predicted molar refractivity (Wildman–Crippen MR) is 167 cm³/mol. The number of hydrogen-bond acceptors (Lipinski definition) is 6. The van der Waals surface area contributed by atoms with Gasteiger partial charge in [-0.2, -0.15) is 4.31 Å². The van der Waals surface area contributed by atoms with Crippen molar-refractivity contribution in [1.29, 1.82) is 0 Å². The number of aliphatic hydroxyl groups is 1. The van der Waals surface area contributed by atoms with Gasteiger partial charge in [-0.05, 0) is 50.1 Å². The van der Waals surface area contributed by atoms with E-state index < -0.39 is 15.6 Å². The molecule has 4 aliphatic heterocycles. The minimum atomic E-state index is -3.82. The molecule has 0 aromatic heterocycles. The fraction of sp³-hybridized carbons (Fsp3) is 0.471. The van der Waals surface area contributed by atoms with Gasteiger partial charge in [-0.3, -0.25) is 0 Å². The van der Waals surface area contributed by atoms with E-state index in [9.17, 15) is 13.5 Å². The van der Waals surface area contributed by atoms with Crippen molar-refractivity contribution in [3.8, 4) is 11.5 Å². The second-order valence-electron chi connectivity index (χ2n) is 13.4. The van der Waals surface area contributed by atoms with E-state index in [4.69, 9.17) is 6.11 Å². The van der Waals surface area contributed by atoms with E-state index in [1.54, 1.807) is 23.5 Å². The zero-order valence-electron chi connectivity index (χ0n) is 26.5. The first-order valence-corrected chi connectivity index (χ1v) is 16.3. The van der Waals surface area contributed by atoms with Crippen LogP contribution in [0.25, 0.3) is 0 Å². The van der Waals surface area contributed by atoms with Crippen LogP contribution in [0.15, 0.2) is 53.4 Å². The third-order valence-electron chi connectivity index (χ3n) is 11.2. The number of nitrogens with zero attached hydrogens (tertiary/aromatic N) is 3. The smallest absolute Gasteiger partial charge is 0.244 e. The van der Waals surface area contributed by atoms with Gasteiger partial charge in [0.15, 0.2) is 0 Å². The molecule has 8 heteroatoms. The van der Waals surface area contributed by atoms with Gasteiger partial charge in [0.25, 0.3) is 0 Å². The largest absolute Gasteiger partial charge is 0.456 e. The van der Waals surface area contributed by atoms with Gasteiger partial charge >= 0.3 is 0 Å². The van der Waals surface area contributed by atoms with Crippen molar-refractivity contribution in [1.82, 2.24) is 4.31 Å². The Morgan fingerprint density at radius 1 is 0.857 bits per heavy atom. The summed E-state index contributed by atoms with van der Waals surface area (Å²) in [6.07, 6.45) is 0. The maximum absolute atomic E-state index is 14.2. The van der Waals surface area contributed by atoms with Crippen molar-refractivity contribution in [2.75, 3.05) is 36.5 Å². The number of likely N-dealkylation sites (N-methyl/N-ethyl adjacent to an activating group) is 1. The van der Waals surface area contributed by atoms with Crippen molar-refractivity contribution in [3.63, 3.8) is 0 Å². The minimum Gasteiger partial charge on any atom is -0.456 e. The molecule has 1 spiro atoms. The summed E-state index contributed by atoms with van der Waals surface area (Å²) in [5.41, 5.74) is 5.05. The SMILES string of the molecule is [2H]CCN1c2cc3c(cc2C(C)(C)C1C)C1(c2cc4c(cc2O3)N(CCO)C(C)C4(C)C)c2ccccc2S(=O)(=O)N1C. The average molecular weight is 589 g/mol. The monoisotopic (exact) mass is 588 g/mol. The molecular weight excluding hydrogens is 546 g/mol. The molecule has 0 saturated heterocycles. The molecule has 7 rings (SSSR count). The fourth-order valence-corrected chi connectivity index (χ4v) is 9.84. The van der Waals surface area contributed by atoms with Gasteiger partial charge in [-0.25, -0.2) is 8.42 Å². The van der Waals surface area contributed by atoms with Gasteiger partial charge in [-0.1, -0.05) is 45.9 Å². The molecule has 3 atom stereocenters. The second kappa shape index (κ2) is 8.52. The summed E-state index contributed by atoms with van der Waals surface area (Å²) >= 11 is 0. The van der Waals surface area contributed by atoms with E-state index in [1.165, 1.54) is 0 Å². The van der Waals surface area contributed by atoms with Gasteiger partial charge in [-0.15, -0.1) is 0 Å². The Kier molecular flexibility index (Phi) is 5.38. The Bertz CT molecular complexity index is 1700. The fourth-order valence-electron chi connectivity index (χ4n) is 8.14. The van der Waals surface area contributed by atoms with Gasteiger partial charge in [0.05, 0.1) is 11.5 Å². The Hall–Kier alpha value is -3.07. The van der Waals surface area contributed by atoms with Crippen LogP contribution in [0.2, 0.25) is 0 Å². The predicted octanol–water partition coefficient (Wildman–Crippen LogP) is 5.70. The lowest BCUT2D eigenvalue weighted by Gasteiger charge is -2.42. The Morgan fingerprint density at radius 3 is 1.98 bits per heavy atom. The van der Waals surface area contributed by atoms with Gasteiger partial charge in [0, 0.05) is 84.6 Å². The van der Waals surface area contributed by atoms with Crippen molar-refractivity contribution >= 4 is 21.4 Å². The molecule has 0 aliphatic carbocycles. The highest BCUT2D eigenvalue weighted by Crippen LogP contribution is 2.63. The number of hydrogen-bond donors (Lipinski definition) is 1. The van der Waals surface area contributed by atoms with Gasteiger partial charge in [0.2, 0.25) is 10.0 Å². The Balaban J connectivity index is 1.59. The molecule has 3 aromatic rings. The van der Waals surface area contributed by atoms with Crippen LogP contribution in [0.3, 0.4) is 0 Å². The van der Waals surface area contributed by atoms with E-state index in [0.29, 0.717) is 29.5 Å². The lowest BCUT2D eigenvalue weighted by molar-refractivity contribution is 0.293. The lowest BCUT2D eigenvalue weighted by atomic mass is 9.71. The van der Waals surface area contributed by atoms with Crippen LogP contribution < -0.4 is 14.5 Å². The van der Waals surface area contributed by atoms with Crippen molar-refractivity contribution in [2.24, 2.45) is 0 Å². The van der Waals surface area contributed by atoms with Crippen LogP contribution in [-0.4, -0.2) is 56.7 Å². The lowest BCUT2D eigenvalue weighted by Crippen LogP contribution is -2.45. The van der Waals surface area contributed by atoms with Crippen LogP contribution in [-0.2, 0) is 26.4 Å². The van der Waals surface area contributed by atoms with Gasteiger partial charge in [0.1, 0.15) is 17.0 Å². The standard InChI is InChI=1S/C34H41N3O4S/c1-9-36-20(2)32(4,5)23-16-25-29(18-27(23)36)41-30-19-28-24(33(6,7)21(3)37(28)14-15-38)17-26(30)34(25)22-12-10-11-13-31(22)42(39,40)35(34)8/h10-13,16-21,38H,9,14-15H2,1-8H3/i1D. The topological polar surface area (TPSA) is 73.3 Å². The molecule has 0 fully saturated rings. The number of anilines is 2. The highest BCUT2D eigenvalue weighted by atomic mass is 32.2. The average Bonchev–Trinajstić information content (AvgIpc) is 3.36. The van der Waals surface area contributed by atoms with E-state index in [-0.39, 0.29) is 36.4 Å². The molecule has 0 saturated carbocycles. The van der Waals surface area contributed by atoms with Crippen molar-refractivity contribution < 1.29 is 19.6 Å². The number of ether oxygens (including phenoxy) is 1. The maximum Gasteiger partial charge on any atom is 0.244 e. The number of fused-ring (bicyclic) bond motifs is 8. The van der Waals surface area contributed by atoms with E-state index >= 15 is 0 Å². The molecule has 7 nitrogen and oxygen atoms in total. The summed E-state index contributed by atoms with van der Waals surface area (Å²) in [6.45, 7) is 14.7. The van der Waals surface area contributed by atoms with E-state index in [2.05, 4.69) is 75.6 Å². The molecule has 3 unspecified atom stereocenters. The molecule has 0 radical (unpaired) electrons. The Labute approximate surface area is 251 Å². The molecule has 0 amide bonds. The minimum absolute atomic E-state index is 0.0326. The first kappa shape index (κ1) is 26.5. The Morgan fingerprint density at radius 2 is 1.40 bits per heavy atom. The molecule has 0 bridgehead atoms. The summed E-state index contributed by atoms with van der Waals surface area (Å²) in [5.74, 6) is 1.25. The summed E-state index contributed by atoms with van der Waals surface area (Å²) in [6, 6.07) is 16.1. The van der Waals surface area contributed by atoms with Gasteiger partial charge < -0.3 is 19.6 Å². The molecule has 42 heavy (non-hydrogen) atoms. The maximum atomic E-state index is 14.2. The number of rotatable bonds is 3. The van der Waals surface area contributed by atoms with E-state index in [1.807, 2.05) is 12.1 Å². The third-order valence-corrected chi connectivity index (χ3v) is 13.1. The summed E-state index contributed by atoms with van der Waals surface area (Å²) in [4.78, 5) is 4.83. The second-order valence-corrected chi connectivity index (χ2v) is 15.4. The number of benzene rings is 3. The molecule has 222 valence electrons. The van der Waals surface area contributed by atoms with Crippen LogP contribution in [0.1, 0.15) is 77.6 Å². The normalized spacial score (nSPS) is 27.7. The van der Waals surface area contributed by atoms with Crippen LogP contribution in [0.4, 0.5) is 11.4 Å². The van der Waals surface area contributed by atoms with Crippen molar-refractivity contribution in [2.45, 2.75) is 81.8 Å². The summed E-state index contributed by atoms with van der Waals surface area (Å²) < 4.78 is 44.8. The van der Waals surface area contributed by atoms with Crippen molar-refractivity contribution in [3.05, 3.63) is 76.3 Å². The van der Waals surface area contributed by atoms with Crippen LogP contribution in [0, 0.1) is 0 Å². The zero-order chi connectivity index (χ0) is 30.9. The molecule has 4 heterocycles. The van der Waals surface area contributed by atoms with Crippen LogP contribution >= 0.6 is 0 Å². The quantitative estimate of drug-likeness (QED) is 0.423. The third kappa shape index (κ3) is 3.05. The number of aliphatic hydroxyl groups excluding tert-OH is 1. The number of β-amino-alcohol motifs (C(OH)–C–C–N with tert-alkyl or cyclic N) is 1. The molecule has 4 aliphatic rings. The number of sulfonamides is 1. The highest BCUT2D eigenvalue weighted by Gasteiger charge is 2.60. The molecule has 1 N–H and O–H groups in total. The molecule has 3 aromatic carbocycles.